The first kappa shape index (κ1) is 21.2. The van der Waals surface area contributed by atoms with Crippen LogP contribution in [0.5, 0.6) is 5.75 Å². The Hall–Kier alpha value is -1.81. The van der Waals surface area contributed by atoms with Crippen LogP contribution in [-0.2, 0) is 14.3 Å². The molecule has 0 fully saturated rings. The molecule has 0 bridgehead atoms. The number of esters is 1. The van der Waals surface area contributed by atoms with Crippen molar-refractivity contribution in [3.8, 4) is 5.75 Å². The molecule has 0 saturated heterocycles. The molecule has 1 aromatic rings. The summed E-state index contributed by atoms with van der Waals surface area (Å²) in [4.78, 5) is 12.0. The van der Waals surface area contributed by atoms with E-state index in [1.54, 1.807) is 0 Å². The SMILES string of the molecule is C=C(COCC(C)Oc1ccccc1)C(=O)OCC(CC)CCCC. The largest absolute Gasteiger partial charge is 0.488 e. The van der Waals surface area contributed by atoms with E-state index in [0.29, 0.717) is 24.7 Å². The van der Waals surface area contributed by atoms with Gasteiger partial charge in [0.2, 0.25) is 0 Å². The summed E-state index contributed by atoms with van der Waals surface area (Å²) in [6.07, 6.45) is 4.33. The summed E-state index contributed by atoms with van der Waals surface area (Å²) in [5, 5.41) is 0. The van der Waals surface area contributed by atoms with Crippen LogP contribution in [0.25, 0.3) is 0 Å². The van der Waals surface area contributed by atoms with Gasteiger partial charge in [-0.1, -0.05) is 57.9 Å². The zero-order valence-electron chi connectivity index (χ0n) is 15.8. The van der Waals surface area contributed by atoms with E-state index in [9.17, 15) is 4.79 Å². The summed E-state index contributed by atoms with van der Waals surface area (Å²) in [7, 11) is 0. The average molecular weight is 348 g/mol. The zero-order valence-corrected chi connectivity index (χ0v) is 15.8. The maximum Gasteiger partial charge on any atom is 0.335 e. The molecule has 4 nitrogen and oxygen atoms in total. The second-order valence-electron chi connectivity index (χ2n) is 6.38. The summed E-state index contributed by atoms with van der Waals surface area (Å²) in [6.45, 7) is 11.0. The van der Waals surface area contributed by atoms with Gasteiger partial charge in [0.25, 0.3) is 0 Å². The summed E-state index contributed by atoms with van der Waals surface area (Å²) < 4.78 is 16.6. The highest BCUT2D eigenvalue weighted by atomic mass is 16.5. The minimum Gasteiger partial charge on any atom is -0.488 e. The van der Waals surface area contributed by atoms with E-state index in [2.05, 4.69) is 20.4 Å². The minimum atomic E-state index is -0.369. The molecular weight excluding hydrogens is 316 g/mol. The van der Waals surface area contributed by atoms with Gasteiger partial charge in [0.15, 0.2) is 0 Å². The highest BCUT2D eigenvalue weighted by Gasteiger charge is 2.13. The third kappa shape index (κ3) is 9.30. The van der Waals surface area contributed by atoms with Crippen LogP contribution in [-0.4, -0.2) is 31.9 Å². The highest BCUT2D eigenvalue weighted by Crippen LogP contribution is 2.14. The standard InChI is InChI=1S/C21H32O4/c1-5-7-11-19(6-2)16-24-21(22)17(3)14-23-15-18(4)25-20-12-9-8-10-13-20/h8-10,12-13,18-19H,3,5-7,11,14-16H2,1-2,4H3. The van der Waals surface area contributed by atoms with Crippen molar-refractivity contribution in [2.45, 2.75) is 52.6 Å². The molecule has 0 saturated carbocycles. The molecule has 25 heavy (non-hydrogen) atoms. The lowest BCUT2D eigenvalue weighted by Crippen LogP contribution is -2.22. The second kappa shape index (κ2) is 12.5. The molecule has 1 aromatic carbocycles. The quantitative estimate of drug-likeness (QED) is 0.380. The predicted octanol–water partition coefficient (Wildman–Crippen LogP) is 4.79. The van der Waals surface area contributed by atoms with Crippen LogP contribution in [0.4, 0.5) is 0 Å². The van der Waals surface area contributed by atoms with Gasteiger partial charge >= 0.3 is 5.97 Å². The van der Waals surface area contributed by atoms with Gasteiger partial charge in [0.05, 0.1) is 25.4 Å². The van der Waals surface area contributed by atoms with Crippen LogP contribution in [0.1, 0.15) is 46.5 Å². The molecule has 140 valence electrons. The van der Waals surface area contributed by atoms with Gasteiger partial charge in [-0.2, -0.15) is 0 Å². The van der Waals surface area contributed by atoms with E-state index in [0.717, 1.165) is 25.0 Å². The molecule has 0 radical (unpaired) electrons. The molecule has 0 aromatic heterocycles. The normalized spacial score (nSPS) is 13.1. The van der Waals surface area contributed by atoms with E-state index in [4.69, 9.17) is 14.2 Å². The number of hydrogen-bond acceptors (Lipinski definition) is 4. The van der Waals surface area contributed by atoms with E-state index in [1.807, 2.05) is 37.3 Å². The molecule has 0 aliphatic heterocycles. The van der Waals surface area contributed by atoms with Crippen molar-refractivity contribution in [2.24, 2.45) is 5.92 Å². The molecule has 0 N–H and O–H groups in total. The average Bonchev–Trinajstić information content (AvgIpc) is 2.62. The zero-order chi connectivity index (χ0) is 18.5. The Morgan fingerprint density at radius 1 is 1.16 bits per heavy atom. The fraction of sp³-hybridized carbons (Fsp3) is 0.571. The van der Waals surface area contributed by atoms with Crippen molar-refractivity contribution in [1.82, 2.24) is 0 Å². The molecule has 2 unspecified atom stereocenters. The molecule has 0 amide bonds. The van der Waals surface area contributed by atoms with Crippen molar-refractivity contribution in [3.63, 3.8) is 0 Å². The second-order valence-corrected chi connectivity index (χ2v) is 6.38. The van der Waals surface area contributed by atoms with Crippen LogP contribution in [0.15, 0.2) is 42.5 Å². The van der Waals surface area contributed by atoms with E-state index in [1.165, 1.54) is 6.42 Å². The smallest absolute Gasteiger partial charge is 0.335 e. The van der Waals surface area contributed by atoms with Crippen LogP contribution < -0.4 is 4.74 Å². The Labute approximate surface area is 152 Å². The Kier molecular flexibility index (Phi) is 10.6. The molecule has 0 aliphatic rings. The van der Waals surface area contributed by atoms with E-state index < -0.39 is 0 Å². The maximum atomic E-state index is 12.0. The van der Waals surface area contributed by atoms with Crippen LogP contribution in [0, 0.1) is 5.92 Å². The van der Waals surface area contributed by atoms with Crippen molar-refractivity contribution in [2.75, 3.05) is 19.8 Å². The van der Waals surface area contributed by atoms with Crippen molar-refractivity contribution < 1.29 is 19.0 Å². The molecule has 4 heteroatoms. The third-order valence-electron chi connectivity index (χ3n) is 3.99. The van der Waals surface area contributed by atoms with Crippen LogP contribution in [0.3, 0.4) is 0 Å². The maximum absolute atomic E-state index is 12.0. The van der Waals surface area contributed by atoms with Gasteiger partial charge in [-0.15, -0.1) is 0 Å². The number of unbranched alkanes of at least 4 members (excludes halogenated alkanes) is 1. The number of carbonyl (C=O) groups is 1. The Balaban J connectivity index is 2.21. The summed E-state index contributed by atoms with van der Waals surface area (Å²) >= 11 is 0. The lowest BCUT2D eigenvalue weighted by Gasteiger charge is -2.16. The fourth-order valence-electron chi connectivity index (χ4n) is 2.37. The van der Waals surface area contributed by atoms with Crippen LogP contribution >= 0.6 is 0 Å². The van der Waals surface area contributed by atoms with Gasteiger partial charge in [-0.3, -0.25) is 0 Å². The number of hydrogen-bond donors (Lipinski definition) is 0. The highest BCUT2D eigenvalue weighted by molar-refractivity contribution is 5.87. The van der Waals surface area contributed by atoms with Crippen LogP contribution in [0.2, 0.25) is 0 Å². The number of para-hydroxylation sites is 1. The summed E-state index contributed by atoms with van der Waals surface area (Å²) in [5.41, 5.74) is 0.345. The van der Waals surface area contributed by atoms with Crippen molar-refractivity contribution in [3.05, 3.63) is 42.5 Å². The monoisotopic (exact) mass is 348 g/mol. The Bertz CT molecular complexity index is 498. The predicted molar refractivity (Wildman–Crippen MR) is 101 cm³/mol. The number of ether oxygens (including phenoxy) is 3. The molecular formula is C21H32O4. The minimum absolute atomic E-state index is 0.107. The first-order valence-electron chi connectivity index (χ1n) is 9.21. The van der Waals surface area contributed by atoms with Crippen molar-refractivity contribution >= 4 is 5.97 Å². The lowest BCUT2D eigenvalue weighted by molar-refractivity contribution is -0.141. The molecule has 0 heterocycles. The Morgan fingerprint density at radius 2 is 1.88 bits per heavy atom. The van der Waals surface area contributed by atoms with Gasteiger partial charge in [-0.25, -0.2) is 4.79 Å². The fourth-order valence-corrected chi connectivity index (χ4v) is 2.37. The van der Waals surface area contributed by atoms with Crippen molar-refractivity contribution in [1.29, 1.82) is 0 Å². The molecule has 0 aliphatic carbocycles. The topological polar surface area (TPSA) is 44.8 Å². The van der Waals surface area contributed by atoms with Gasteiger partial charge in [0.1, 0.15) is 11.9 Å². The molecule has 2 atom stereocenters. The van der Waals surface area contributed by atoms with E-state index >= 15 is 0 Å². The summed E-state index contributed by atoms with van der Waals surface area (Å²) in [5.74, 6) is 0.859. The number of carbonyl (C=O) groups excluding carboxylic acids is 1. The van der Waals surface area contributed by atoms with Gasteiger partial charge in [-0.05, 0) is 31.4 Å². The lowest BCUT2D eigenvalue weighted by atomic mass is 10.0. The summed E-state index contributed by atoms with van der Waals surface area (Å²) in [6, 6.07) is 9.58. The Morgan fingerprint density at radius 3 is 2.52 bits per heavy atom. The first-order valence-corrected chi connectivity index (χ1v) is 9.21. The molecule has 0 spiro atoms. The number of benzene rings is 1. The van der Waals surface area contributed by atoms with E-state index in [-0.39, 0.29) is 18.7 Å². The first-order chi connectivity index (χ1) is 12.1. The third-order valence-corrected chi connectivity index (χ3v) is 3.99. The number of rotatable bonds is 13. The molecule has 1 rings (SSSR count). The van der Waals surface area contributed by atoms with Gasteiger partial charge < -0.3 is 14.2 Å². The van der Waals surface area contributed by atoms with Gasteiger partial charge in [0, 0.05) is 0 Å².